The van der Waals surface area contributed by atoms with E-state index in [2.05, 4.69) is 15.2 Å². The Morgan fingerprint density at radius 1 is 1.53 bits per heavy atom. The number of hydrogen-bond acceptors (Lipinski definition) is 4. The fraction of sp³-hybridized carbons (Fsp3) is 0.462. The van der Waals surface area contributed by atoms with Crippen molar-refractivity contribution >= 4 is 17.2 Å². The molecule has 0 aliphatic carbocycles. The third-order valence-electron chi connectivity index (χ3n) is 3.65. The molecule has 1 saturated heterocycles. The second-order valence-electron chi connectivity index (χ2n) is 4.89. The molecule has 1 aliphatic rings. The maximum absolute atomic E-state index is 12.6. The zero-order valence-corrected chi connectivity index (χ0v) is 11.8. The molecule has 19 heavy (non-hydrogen) atoms. The van der Waals surface area contributed by atoms with E-state index >= 15 is 0 Å². The van der Waals surface area contributed by atoms with E-state index < -0.39 is 0 Å². The molecule has 1 fully saturated rings. The highest BCUT2D eigenvalue weighted by molar-refractivity contribution is 7.11. The van der Waals surface area contributed by atoms with Crippen LogP contribution in [0, 0.1) is 13.8 Å². The lowest BCUT2D eigenvalue weighted by Gasteiger charge is -2.24. The number of aryl methyl sites for hydroxylation is 2. The number of aromatic nitrogens is 3. The average molecular weight is 276 g/mol. The number of carbonyl (C=O) groups excluding carboxylic acids is 1. The Morgan fingerprint density at radius 2 is 2.37 bits per heavy atom. The van der Waals surface area contributed by atoms with E-state index in [0.717, 1.165) is 41.2 Å². The third-order valence-corrected chi connectivity index (χ3v) is 4.57. The molecule has 2 aromatic heterocycles. The molecule has 1 unspecified atom stereocenters. The summed E-state index contributed by atoms with van der Waals surface area (Å²) < 4.78 is 0. The van der Waals surface area contributed by atoms with Crippen molar-refractivity contribution in [3.8, 4) is 0 Å². The fourth-order valence-corrected chi connectivity index (χ4v) is 3.40. The van der Waals surface area contributed by atoms with Crippen molar-refractivity contribution in [3.63, 3.8) is 0 Å². The number of nitrogens with one attached hydrogen (secondary N) is 1. The number of aromatic amines is 1. The monoisotopic (exact) mass is 276 g/mol. The van der Waals surface area contributed by atoms with Crippen molar-refractivity contribution < 1.29 is 4.79 Å². The van der Waals surface area contributed by atoms with E-state index in [1.54, 1.807) is 5.51 Å². The van der Waals surface area contributed by atoms with Gasteiger partial charge in [-0.05, 0) is 32.3 Å². The molecule has 0 radical (unpaired) electrons. The minimum absolute atomic E-state index is 0.0940. The molecule has 1 aliphatic heterocycles. The highest BCUT2D eigenvalue weighted by Crippen LogP contribution is 2.34. The first-order chi connectivity index (χ1) is 9.18. The Morgan fingerprint density at radius 3 is 3.00 bits per heavy atom. The van der Waals surface area contributed by atoms with Crippen LogP contribution in [-0.2, 0) is 0 Å². The molecule has 6 heteroatoms. The fourth-order valence-electron chi connectivity index (χ4n) is 2.64. The molecule has 1 amide bonds. The summed E-state index contributed by atoms with van der Waals surface area (Å²) in [5.74, 6) is 0.0940. The van der Waals surface area contributed by atoms with Gasteiger partial charge in [0.25, 0.3) is 5.91 Å². The summed E-state index contributed by atoms with van der Waals surface area (Å²) in [6.45, 7) is 4.72. The van der Waals surface area contributed by atoms with Crippen molar-refractivity contribution in [1.29, 1.82) is 0 Å². The van der Waals surface area contributed by atoms with Gasteiger partial charge in [-0.1, -0.05) is 0 Å². The lowest BCUT2D eigenvalue weighted by molar-refractivity contribution is 0.0736. The second kappa shape index (κ2) is 4.77. The number of H-pyrrole nitrogens is 1. The molecule has 2 aromatic rings. The first-order valence-corrected chi connectivity index (χ1v) is 7.27. The molecule has 0 bridgehead atoms. The summed E-state index contributed by atoms with van der Waals surface area (Å²) in [6, 6.07) is 0.122. The van der Waals surface area contributed by atoms with Crippen molar-refractivity contribution in [2.24, 2.45) is 0 Å². The molecule has 0 saturated carbocycles. The van der Waals surface area contributed by atoms with Gasteiger partial charge in [0.2, 0.25) is 0 Å². The Kier molecular flexibility index (Phi) is 3.10. The number of rotatable bonds is 2. The topological polar surface area (TPSA) is 61.9 Å². The summed E-state index contributed by atoms with van der Waals surface area (Å²) >= 11 is 1.42. The van der Waals surface area contributed by atoms with Crippen LogP contribution >= 0.6 is 11.3 Å². The van der Waals surface area contributed by atoms with Crippen molar-refractivity contribution in [2.75, 3.05) is 6.54 Å². The van der Waals surface area contributed by atoms with Gasteiger partial charge in [0.15, 0.2) is 0 Å². The van der Waals surface area contributed by atoms with Gasteiger partial charge in [0, 0.05) is 6.54 Å². The van der Waals surface area contributed by atoms with Crippen LogP contribution in [0.4, 0.5) is 0 Å². The Labute approximate surface area is 115 Å². The highest BCUT2D eigenvalue weighted by Gasteiger charge is 2.33. The van der Waals surface area contributed by atoms with Gasteiger partial charge in [-0.3, -0.25) is 9.89 Å². The zero-order chi connectivity index (χ0) is 13.4. The summed E-state index contributed by atoms with van der Waals surface area (Å²) in [4.78, 5) is 19.5. The lowest BCUT2D eigenvalue weighted by atomic mass is 10.1. The summed E-state index contributed by atoms with van der Waals surface area (Å²) in [6.07, 6.45) is 3.84. The lowest BCUT2D eigenvalue weighted by Crippen LogP contribution is -2.31. The number of hydrogen-bond donors (Lipinski definition) is 1. The first-order valence-electron chi connectivity index (χ1n) is 6.39. The Bertz CT molecular complexity index is 603. The molecule has 3 heterocycles. The molecule has 0 spiro atoms. The Hall–Kier alpha value is -1.69. The van der Waals surface area contributed by atoms with Crippen LogP contribution in [0.25, 0.3) is 0 Å². The van der Waals surface area contributed by atoms with Crippen LogP contribution in [0.5, 0.6) is 0 Å². The SMILES string of the molecule is Cc1cn[nH]c1C1CCCN1C(=O)c1scnc1C. The standard InChI is InChI=1S/C13H16N4OS/c1-8-6-15-16-11(8)10-4-3-5-17(10)13(18)12-9(2)14-7-19-12/h6-7,10H,3-5H2,1-2H3,(H,15,16). The van der Waals surface area contributed by atoms with Crippen molar-refractivity contribution in [3.05, 3.63) is 33.5 Å². The van der Waals surface area contributed by atoms with Gasteiger partial charge >= 0.3 is 0 Å². The van der Waals surface area contributed by atoms with E-state index in [1.165, 1.54) is 11.3 Å². The van der Waals surface area contributed by atoms with Crippen LogP contribution in [0.15, 0.2) is 11.7 Å². The molecule has 3 rings (SSSR count). The maximum Gasteiger partial charge on any atom is 0.266 e. The smallest absolute Gasteiger partial charge is 0.266 e. The van der Waals surface area contributed by atoms with Gasteiger partial charge in [-0.15, -0.1) is 11.3 Å². The van der Waals surface area contributed by atoms with Crippen LogP contribution in [-0.4, -0.2) is 32.5 Å². The summed E-state index contributed by atoms with van der Waals surface area (Å²) in [5, 5.41) is 7.10. The van der Waals surface area contributed by atoms with Crippen LogP contribution in [0.3, 0.4) is 0 Å². The van der Waals surface area contributed by atoms with Gasteiger partial charge in [-0.25, -0.2) is 4.98 Å². The molecular weight excluding hydrogens is 260 g/mol. The Balaban J connectivity index is 1.90. The van der Waals surface area contributed by atoms with E-state index in [0.29, 0.717) is 0 Å². The molecule has 0 aromatic carbocycles. The van der Waals surface area contributed by atoms with Crippen molar-refractivity contribution in [1.82, 2.24) is 20.1 Å². The van der Waals surface area contributed by atoms with Crippen LogP contribution < -0.4 is 0 Å². The van der Waals surface area contributed by atoms with Gasteiger partial charge in [0.05, 0.1) is 29.1 Å². The molecular formula is C13H16N4OS. The van der Waals surface area contributed by atoms with E-state index in [4.69, 9.17) is 0 Å². The number of nitrogens with zero attached hydrogens (tertiary/aromatic N) is 3. The van der Waals surface area contributed by atoms with E-state index in [1.807, 2.05) is 24.9 Å². The van der Waals surface area contributed by atoms with Crippen LogP contribution in [0.1, 0.15) is 45.5 Å². The molecule has 100 valence electrons. The molecule has 5 nitrogen and oxygen atoms in total. The number of amides is 1. The van der Waals surface area contributed by atoms with Crippen molar-refractivity contribution in [2.45, 2.75) is 32.7 Å². The van der Waals surface area contributed by atoms with E-state index in [9.17, 15) is 4.79 Å². The molecule has 1 N–H and O–H groups in total. The summed E-state index contributed by atoms with van der Waals surface area (Å²) in [5.41, 5.74) is 4.73. The highest BCUT2D eigenvalue weighted by atomic mass is 32.1. The van der Waals surface area contributed by atoms with E-state index in [-0.39, 0.29) is 11.9 Å². The molecule has 1 atom stereocenters. The van der Waals surface area contributed by atoms with Crippen LogP contribution in [0.2, 0.25) is 0 Å². The number of thiazole rings is 1. The van der Waals surface area contributed by atoms with Gasteiger partial charge in [-0.2, -0.15) is 5.10 Å². The van der Waals surface area contributed by atoms with Gasteiger partial charge in [0.1, 0.15) is 4.88 Å². The number of likely N-dealkylation sites (tertiary alicyclic amines) is 1. The minimum Gasteiger partial charge on any atom is -0.329 e. The number of carbonyl (C=O) groups is 1. The quantitative estimate of drug-likeness (QED) is 0.916. The van der Waals surface area contributed by atoms with Gasteiger partial charge < -0.3 is 4.90 Å². The zero-order valence-electron chi connectivity index (χ0n) is 11.0. The summed E-state index contributed by atoms with van der Waals surface area (Å²) in [7, 11) is 0. The normalized spacial score (nSPS) is 19.1. The largest absolute Gasteiger partial charge is 0.329 e. The predicted octanol–water partition coefficient (Wildman–Crippen LogP) is 2.46. The first kappa shape index (κ1) is 12.3. The maximum atomic E-state index is 12.6. The average Bonchev–Trinajstić information content (AvgIpc) is 3.07. The third kappa shape index (κ3) is 2.06. The predicted molar refractivity (Wildman–Crippen MR) is 73.2 cm³/mol. The minimum atomic E-state index is 0.0940. The second-order valence-corrected chi connectivity index (χ2v) is 5.74.